The van der Waals surface area contributed by atoms with Crippen molar-refractivity contribution in [3.8, 4) is 17.4 Å². The Morgan fingerprint density at radius 3 is 2.65 bits per heavy atom. The van der Waals surface area contributed by atoms with Gasteiger partial charge >= 0.3 is 6.18 Å². The lowest BCUT2D eigenvalue weighted by Crippen LogP contribution is -2.19. The smallest absolute Gasteiger partial charge is 0.422 e. The fourth-order valence-corrected chi connectivity index (χ4v) is 1.90. The summed E-state index contributed by atoms with van der Waals surface area (Å²) in [5.41, 5.74) is 0.634. The first-order valence-corrected chi connectivity index (χ1v) is 6.56. The van der Waals surface area contributed by atoms with E-state index in [1.807, 2.05) is 0 Å². The highest BCUT2D eigenvalue weighted by Gasteiger charge is 2.29. The van der Waals surface area contributed by atoms with Crippen LogP contribution in [-0.2, 0) is 0 Å². The third-order valence-corrected chi connectivity index (χ3v) is 2.80. The summed E-state index contributed by atoms with van der Waals surface area (Å²) in [6.45, 7) is 0.342. The molecule has 0 aliphatic carbocycles. The van der Waals surface area contributed by atoms with Crippen molar-refractivity contribution in [1.29, 1.82) is 0 Å². The lowest BCUT2D eigenvalue weighted by atomic mass is 10.3. The number of hydrogen-bond donors (Lipinski definition) is 0. The van der Waals surface area contributed by atoms with E-state index in [9.17, 15) is 13.2 Å². The van der Waals surface area contributed by atoms with Crippen molar-refractivity contribution < 1.29 is 22.6 Å². The Morgan fingerprint density at radius 2 is 1.91 bits per heavy atom. The number of hydrogen-bond acceptors (Lipinski definition) is 5. The Morgan fingerprint density at radius 1 is 1.17 bits per heavy atom. The molecule has 0 aliphatic heterocycles. The summed E-state index contributed by atoms with van der Waals surface area (Å²) in [7, 11) is 0. The lowest BCUT2D eigenvalue weighted by Gasteiger charge is -2.14. The predicted molar refractivity (Wildman–Crippen MR) is 73.6 cm³/mol. The maximum atomic E-state index is 12.3. The first-order chi connectivity index (χ1) is 10.9. The molecule has 1 aromatic carbocycles. The molecule has 0 spiro atoms. The first-order valence-electron chi connectivity index (χ1n) is 6.56. The Hall–Kier alpha value is -2.84. The van der Waals surface area contributed by atoms with Crippen molar-refractivity contribution in [2.45, 2.75) is 13.1 Å². The third kappa shape index (κ3) is 3.50. The molecule has 9 heteroatoms. The minimum atomic E-state index is -4.43. The fourth-order valence-electron chi connectivity index (χ4n) is 1.90. The molecule has 0 atom stereocenters. The van der Waals surface area contributed by atoms with Crippen LogP contribution in [0.1, 0.15) is 5.69 Å². The van der Waals surface area contributed by atoms with Crippen molar-refractivity contribution in [3.63, 3.8) is 0 Å². The van der Waals surface area contributed by atoms with Crippen LogP contribution in [0.25, 0.3) is 5.78 Å². The van der Waals surface area contributed by atoms with E-state index in [1.165, 1.54) is 23.0 Å². The van der Waals surface area contributed by atoms with Gasteiger partial charge in [0.05, 0.1) is 0 Å². The molecule has 3 rings (SSSR count). The zero-order valence-corrected chi connectivity index (χ0v) is 11.9. The number of alkyl halides is 3. The number of aryl methyl sites for hydroxylation is 1. The standard InChI is InChI=1S/C14H11F3N4O2/c1-9-6-12(21-13(20-9)18-8-19-21)23-11-5-3-2-4-10(11)22-7-14(15,16)17/h2-6,8H,7H2,1H3. The van der Waals surface area contributed by atoms with Crippen molar-refractivity contribution in [3.05, 3.63) is 42.4 Å². The van der Waals surface area contributed by atoms with Crippen molar-refractivity contribution in [2.75, 3.05) is 6.61 Å². The normalized spacial score (nSPS) is 11.7. The van der Waals surface area contributed by atoms with Crippen LogP contribution in [0.3, 0.4) is 0 Å². The molecule has 0 aliphatic rings. The zero-order chi connectivity index (χ0) is 16.4. The topological polar surface area (TPSA) is 61.5 Å². The summed E-state index contributed by atoms with van der Waals surface area (Å²) in [4.78, 5) is 8.11. The summed E-state index contributed by atoms with van der Waals surface area (Å²) in [5, 5.41) is 3.97. The van der Waals surface area contributed by atoms with Crippen LogP contribution in [0.5, 0.6) is 17.4 Å². The van der Waals surface area contributed by atoms with Gasteiger partial charge in [-0.15, -0.1) is 0 Å². The second-order valence-electron chi connectivity index (χ2n) is 4.66. The quantitative estimate of drug-likeness (QED) is 0.738. The van der Waals surface area contributed by atoms with Crippen LogP contribution in [0.15, 0.2) is 36.7 Å². The van der Waals surface area contributed by atoms with Crippen molar-refractivity contribution in [2.24, 2.45) is 0 Å². The second-order valence-corrected chi connectivity index (χ2v) is 4.66. The molecule has 2 heterocycles. The molecule has 120 valence electrons. The minimum absolute atomic E-state index is 0.0208. The number of benzene rings is 1. The Kier molecular flexibility index (Phi) is 3.77. The summed E-state index contributed by atoms with van der Waals surface area (Å²) in [6, 6.07) is 7.68. The van der Waals surface area contributed by atoms with Crippen molar-refractivity contribution >= 4 is 5.78 Å². The molecule has 3 aromatic rings. The van der Waals surface area contributed by atoms with E-state index in [-0.39, 0.29) is 17.4 Å². The van der Waals surface area contributed by atoms with Crippen molar-refractivity contribution in [1.82, 2.24) is 19.6 Å². The van der Waals surface area contributed by atoms with Gasteiger partial charge in [-0.1, -0.05) is 12.1 Å². The number of rotatable bonds is 4. The summed E-state index contributed by atoms with van der Waals surface area (Å²) < 4.78 is 48.8. The van der Waals surface area contributed by atoms with Gasteiger partial charge < -0.3 is 9.47 Å². The Bertz CT molecular complexity index is 832. The lowest BCUT2D eigenvalue weighted by molar-refractivity contribution is -0.153. The van der Waals surface area contributed by atoms with E-state index in [0.717, 1.165) is 0 Å². The average Bonchev–Trinajstić information content (AvgIpc) is 2.94. The van der Waals surface area contributed by atoms with Gasteiger partial charge in [-0.2, -0.15) is 27.8 Å². The average molecular weight is 324 g/mol. The largest absolute Gasteiger partial charge is 0.480 e. The number of fused-ring (bicyclic) bond motifs is 1. The number of aromatic nitrogens is 4. The monoisotopic (exact) mass is 324 g/mol. The number of ether oxygens (including phenoxy) is 2. The van der Waals surface area contributed by atoms with Crippen LogP contribution < -0.4 is 9.47 Å². The fraction of sp³-hybridized carbons (Fsp3) is 0.214. The van der Waals surface area contributed by atoms with Crippen LogP contribution in [0.2, 0.25) is 0 Å². The minimum Gasteiger partial charge on any atom is -0.480 e. The molecular formula is C14H11F3N4O2. The molecule has 0 radical (unpaired) electrons. The van der Waals surface area contributed by atoms with Crippen LogP contribution in [0, 0.1) is 6.92 Å². The molecule has 0 unspecified atom stereocenters. The molecule has 0 amide bonds. The third-order valence-electron chi connectivity index (χ3n) is 2.80. The maximum absolute atomic E-state index is 12.3. The highest BCUT2D eigenvalue weighted by molar-refractivity contribution is 5.43. The van der Waals surface area contributed by atoms with Gasteiger partial charge in [0.25, 0.3) is 5.78 Å². The number of nitrogens with zero attached hydrogens (tertiary/aromatic N) is 4. The summed E-state index contributed by atoms with van der Waals surface area (Å²) in [6.07, 6.45) is -3.12. The van der Waals surface area contributed by atoms with Crippen LogP contribution >= 0.6 is 0 Å². The number of para-hydroxylation sites is 2. The molecule has 0 saturated heterocycles. The van der Waals surface area contributed by atoms with E-state index in [4.69, 9.17) is 9.47 Å². The summed E-state index contributed by atoms with van der Waals surface area (Å²) in [5.74, 6) is 0.716. The van der Waals surface area contributed by atoms with E-state index in [0.29, 0.717) is 11.5 Å². The molecular weight excluding hydrogens is 313 g/mol. The highest BCUT2D eigenvalue weighted by atomic mass is 19.4. The molecule has 0 N–H and O–H groups in total. The molecule has 0 saturated carbocycles. The van der Waals surface area contributed by atoms with E-state index in [2.05, 4.69) is 15.1 Å². The van der Waals surface area contributed by atoms with Gasteiger partial charge in [-0.05, 0) is 19.1 Å². The first kappa shape index (κ1) is 15.1. The van der Waals surface area contributed by atoms with E-state index < -0.39 is 12.8 Å². The molecule has 23 heavy (non-hydrogen) atoms. The predicted octanol–water partition coefficient (Wildman–Crippen LogP) is 3.17. The molecule has 0 bridgehead atoms. The van der Waals surface area contributed by atoms with Gasteiger partial charge in [0.1, 0.15) is 6.33 Å². The van der Waals surface area contributed by atoms with E-state index >= 15 is 0 Å². The maximum Gasteiger partial charge on any atom is 0.422 e. The zero-order valence-electron chi connectivity index (χ0n) is 11.9. The van der Waals surface area contributed by atoms with Gasteiger partial charge in [-0.25, -0.2) is 4.98 Å². The Labute approximate surface area is 128 Å². The Balaban J connectivity index is 1.91. The van der Waals surface area contributed by atoms with E-state index in [1.54, 1.807) is 25.1 Å². The van der Waals surface area contributed by atoms with Gasteiger partial charge in [0.15, 0.2) is 18.1 Å². The van der Waals surface area contributed by atoms with Gasteiger partial charge in [0.2, 0.25) is 5.88 Å². The molecule has 0 fully saturated rings. The molecule has 6 nitrogen and oxygen atoms in total. The molecule has 2 aromatic heterocycles. The van der Waals surface area contributed by atoms with Gasteiger partial charge in [-0.3, -0.25) is 0 Å². The SMILES string of the molecule is Cc1cc(Oc2ccccc2OCC(F)(F)F)n2ncnc2n1. The summed E-state index contributed by atoms with van der Waals surface area (Å²) >= 11 is 0. The van der Waals surface area contributed by atoms with Gasteiger partial charge in [0, 0.05) is 11.8 Å². The second kappa shape index (κ2) is 5.75. The van der Waals surface area contributed by atoms with Crippen LogP contribution in [-0.4, -0.2) is 32.4 Å². The number of halogens is 3. The highest BCUT2D eigenvalue weighted by Crippen LogP contribution is 2.32. The van der Waals surface area contributed by atoms with Crippen LogP contribution in [0.4, 0.5) is 13.2 Å².